The summed E-state index contributed by atoms with van der Waals surface area (Å²) in [5, 5.41) is 8.62. The molecular weight excluding hydrogens is 250 g/mol. The fourth-order valence-corrected chi connectivity index (χ4v) is 2.82. The van der Waals surface area contributed by atoms with Crippen molar-refractivity contribution in [2.24, 2.45) is 0 Å². The van der Waals surface area contributed by atoms with Gasteiger partial charge in [0.1, 0.15) is 0 Å². The summed E-state index contributed by atoms with van der Waals surface area (Å²) in [5.41, 5.74) is 2.03. The average Bonchev–Trinajstić information content (AvgIpc) is 2.98. The van der Waals surface area contributed by atoms with E-state index in [0.717, 1.165) is 48.8 Å². The highest BCUT2D eigenvalue weighted by atomic mass is 35.5. The van der Waals surface area contributed by atoms with E-state index in [1.165, 1.54) is 0 Å². The first-order chi connectivity index (χ1) is 8.67. The third kappa shape index (κ3) is 2.71. The van der Waals surface area contributed by atoms with E-state index in [0.29, 0.717) is 12.1 Å². The molecule has 1 aliphatic heterocycles. The first kappa shape index (κ1) is 13.8. The van der Waals surface area contributed by atoms with Crippen molar-refractivity contribution in [3.8, 4) is 0 Å². The van der Waals surface area contributed by atoms with E-state index in [2.05, 4.69) is 17.3 Å². The normalized spacial score (nSPS) is 21.4. The molecule has 2 rings (SSSR count). The Morgan fingerprint density at radius 2 is 2.39 bits per heavy atom. The van der Waals surface area contributed by atoms with Crippen molar-refractivity contribution in [2.45, 2.75) is 51.8 Å². The predicted octanol–water partition coefficient (Wildman–Crippen LogP) is 2.17. The Morgan fingerprint density at radius 1 is 1.61 bits per heavy atom. The molecule has 1 fully saturated rings. The first-order valence-corrected chi connectivity index (χ1v) is 7.05. The van der Waals surface area contributed by atoms with Crippen molar-refractivity contribution in [3.63, 3.8) is 0 Å². The van der Waals surface area contributed by atoms with Crippen molar-refractivity contribution in [2.75, 3.05) is 13.7 Å². The summed E-state index contributed by atoms with van der Waals surface area (Å²) in [7, 11) is 1.99. The molecule has 1 saturated heterocycles. The number of nitrogens with one attached hydrogen (secondary N) is 1. The number of nitrogens with zero attached hydrogens (tertiary/aromatic N) is 2. The molecule has 0 spiro atoms. The number of likely N-dealkylation sites (N-methyl/N-ethyl adjacent to an activating group) is 1. The molecule has 4 nitrogen and oxygen atoms in total. The van der Waals surface area contributed by atoms with Gasteiger partial charge in [0, 0.05) is 25.6 Å². The fourth-order valence-electron chi connectivity index (χ4n) is 2.61. The largest absolute Gasteiger partial charge is 0.377 e. The molecule has 1 aliphatic rings. The Bertz CT molecular complexity index is 399. The SMILES string of the molecule is CCn1nc(C)c(Cl)c1CC(NC)C1CCCO1. The highest BCUT2D eigenvalue weighted by Gasteiger charge is 2.27. The smallest absolute Gasteiger partial charge is 0.0847 e. The van der Waals surface area contributed by atoms with Crippen LogP contribution in [0.4, 0.5) is 0 Å². The van der Waals surface area contributed by atoms with Gasteiger partial charge in [0.15, 0.2) is 0 Å². The summed E-state index contributed by atoms with van der Waals surface area (Å²) < 4.78 is 7.76. The first-order valence-electron chi connectivity index (χ1n) is 6.68. The van der Waals surface area contributed by atoms with Crippen LogP contribution >= 0.6 is 11.6 Å². The highest BCUT2D eigenvalue weighted by molar-refractivity contribution is 6.31. The van der Waals surface area contributed by atoms with Crippen LogP contribution in [0.2, 0.25) is 5.02 Å². The van der Waals surface area contributed by atoms with Gasteiger partial charge in [-0.1, -0.05) is 11.6 Å². The topological polar surface area (TPSA) is 39.1 Å². The molecule has 0 aromatic carbocycles. The van der Waals surface area contributed by atoms with Crippen LogP contribution in [0.25, 0.3) is 0 Å². The van der Waals surface area contributed by atoms with Gasteiger partial charge in [-0.3, -0.25) is 4.68 Å². The molecule has 1 aromatic heterocycles. The second kappa shape index (κ2) is 6.04. The summed E-state index contributed by atoms with van der Waals surface area (Å²) in [6.07, 6.45) is 3.45. The van der Waals surface area contributed by atoms with Gasteiger partial charge in [-0.15, -0.1) is 0 Å². The Balaban J connectivity index is 2.15. The summed E-state index contributed by atoms with van der Waals surface area (Å²) in [6.45, 7) is 5.78. The Morgan fingerprint density at radius 3 is 2.94 bits per heavy atom. The molecule has 0 radical (unpaired) electrons. The molecule has 102 valence electrons. The Hall–Kier alpha value is -0.580. The molecular formula is C13H22ClN3O. The molecule has 0 aliphatic carbocycles. The zero-order valence-corrected chi connectivity index (χ0v) is 12.1. The monoisotopic (exact) mass is 271 g/mol. The molecule has 0 amide bonds. The zero-order chi connectivity index (χ0) is 13.1. The zero-order valence-electron chi connectivity index (χ0n) is 11.4. The summed E-state index contributed by atoms with van der Waals surface area (Å²) in [6, 6.07) is 0.311. The average molecular weight is 272 g/mol. The lowest BCUT2D eigenvalue weighted by Crippen LogP contribution is -2.39. The lowest BCUT2D eigenvalue weighted by molar-refractivity contribution is 0.0802. The van der Waals surface area contributed by atoms with Crippen molar-refractivity contribution in [1.29, 1.82) is 0 Å². The maximum absolute atomic E-state index is 6.35. The second-order valence-corrected chi connectivity index (χ2v) is 5.19. The number of halogens is 1. The third-order valence-electron chi connectivity index (χ3n) is 3.65. The summed E-state index contributed by atoms with van der Waals surface area (Å²) in [5.74, 6) is 0. The van der Waals surface area contributed by atoms with E-state index in [9.17, 15) is 0 Å². The van der Waals surface area contributed by atoms with E-state index >= 15 is 0 Å². The van der Waals surface area contributed by atoms with Crippen LogP contribution in [0.15, 0.2) is 0 Å². The molecule has 18 heavy (non-hydrogen) atoms. The van der Waals surface area contributed by atoms with Gasteiger partial charge in [0.2, 0.25) is 0 Å². The van der Waals surface area contributed by atoms with E-state index in [1.807, 2.05) is 18.7 Å². The molecule has 1 aromatic rings. The Kier molecular flexibility index (Phi) is 4.65. The molecule has 0 bridgehead atoms. The minimum atomic E-state index is 0.298. The highest BCUT2D eigenvalue weighted by Crippen LogP contribution is 2.24. The number of hydrogen-bond donors (Lipinski definition) is 1. The number of aromatic nitrogens is 2. The van der Waals surface area contributed by atoms with Gasteiger partial charge in [0.05, 0.1) is 22.5 Å². The molecule has 2 heterocycles. The minimum absolute atomic E-state index is 0.298. The molecule has 1 N–H and O–H groups in total. The fraction of sp³-hybridized carbons (Fsp3) is 0.769. The van der Waals surface area contributed by atoms with E-state index in [-0.39, 0.29) is 0 Å². The van der Waals surface area contributed by atoms with E-state index in [4.69, 9.17) is 16.3 Å². The molecule has 2 unspecified atom stereocenters. The predicted molar refractivity (Wildman–Crippen MR) is 73.2 cm³/mol. The van der Waals surface area contributed by atoms with Gasteiger partial charge >= 0.3 is 0 Å². The van der Waals surface area contributed by atoms with E-state index < -0.39 is 0 Å². The quantitative estimate of drug-likeness (QED) is 0.892. The molecule has 0 saturated carbocycles. The lowest BCUT2D eigenvalue weighted by Gasteiger charge is -2.22. The van der Waals surface area contributed by atoms with Crippen LogP contribution < -0.4 is 5.32 Å². The molecule has 5 heteroatoms. The van der Waals surface area contributed by atoms with Crippen LogP contribution in [0.3, 0.4) is 0 Å². The third-order valence-corrected chi connectivity index (χ3v) is 4.14. The number of rotatable bonds is 5. The van der Waals surface area contributed by atoms with Crippen LogP contribution in [-0.4, -0.2) is 35.6 Å². The van der Waals surface area contributed by atoms with Gasteiger partial charge in [-0.2, -0.15) is 5.10 Å². The van der Waals surface area contributed by atoms with Crippen molar-refractivity contribution in [3.05, 3.63) is 16.4 Å². The van der Waals surface area contributed by atoms with Crippen LogP contribution in [-0.2, 0) is 17.7 Å². The second-order valence-electron chi connectivity index (χ2n) is 4.81. The number of ether oxygens (including phenoxy) is 1. The van der Waals surface area contributed by atoms with Gasteiger partial charge < -0.3 is 10.1 Å². The Labute approximate surface area is 114 Å². The number of aryl methyl sites for hydroxylation is 2. The van der Waals surface area contributed by atoms with Crippen LogP contribution in [0.5, 0.6) is 0 Å². The minimum Gasteiger partial charge on any atom is -0.377 e. The van der Waals surface area contributed by atoms with Gasteiger partial charge in [0.25, 0.3) is 0 Å². The standard InChI is InChI=1S/C13H22ClN3O/c1-4-17-11(13(14)9(2)16-17)8-10(15-3)12-6-5-7-18-12/h10,12,15H,4-8H2,1-3H3. The molecule has 2 atom stereocenters. The maximum atomic E-state index is 6.35. The van der Waals surface area contributed by atoms with E-state index in [1.54, 1.807) is 0 Å². The van der Waals surface area contributed by atoms with Crippen LogP contribution in [0.1, 0.15) is 31.2 Å². The van der Waals surface area contributed by atoms with Crippen LogP contribution in [0, 0.1) is 6.92 Å². The summed E-state index contributed by atoms with van der Waals surface area (Å²) in [4.78, 5) is 0. The van der Waals surface area contributed by atoms with Crippen molar-refractivity contribution >= 4 is 11.6 Å². The lowest BCUT2D eigenvalue weighted by atomic mass is 10.0. The maximum Gasteiger partial charge on any atom is 0.0847 e. The van der Waals surface area contributed by atoms with Gasteiger partial charge in [-0.25, -0.2) is 0 Å². The summed E-state index contributed by atoms with van der Waals surface area (Å²) >= 11 is 6.35. The number of hydrogen-bond acceptors (Lipinski definition) is 3. The van der Waals surface area contributed by atoms with Crippen molar-refractivity contribution < 1.29 is 4.74 Å². The van der Waals surface area contributed by atoms with Crippen molar-refractivity contribution in [1.82, 2.24) is 15.1 Å². The van der Waals surface area contributed by atoms with Gasteiger partial charge in [-0.05, 0) is 33.7 Å².